The van der Waals surface area contributed by atoms with Gasteiger partial charge in [-0.1, -0.05) is 22.0 Å². The first-order valence-electron chi connectivity index (χ1n) is 6.05. The van der Waals surface area contributed by atoms with E-state index in [1.54, 1.807) is 0 Å². The number of benzene rings is 1. The molecule has 2 rings (SSSR count). The van der Waals surface area contributed by atoms with Crippen LogP contribution in [0.15, 0.2) is 28.7 Å². The van der Waals surface area contributed by atoms with E-state index >= 15 is 0 Å². The molecule has 1 N–H and O–H groups in total. The Bertz CT molecular complexity index is 342. The first-order valence-corrected chi connectivity index (χ1v) is 7.89. The molecule has 1 heterocycles. The van der Waals surface area contributed by atoms with Crippen LogP contribution in [0.3, 0.4) is 0 Å². The van der Waals surface area contributed by atoms with E-state index in [1.807, 2.05) is 24.3 Å². The maximum Gasteiger partial charge on any atom is 0.120 e. The fourth-order valence-corrected chi connectivity index (χ4v) is 3.48. The van der Waals surface area contributed by atoms with Crippen molar-refractivity contribution in [1.82, 2.24) is 5.32 Å². The Hall–Kier alpha value is -0.190. The first-order chi connectivity index (χ1) is 8.34. The molecule has 0 amide bonds. The SMILES string of the molecule is Brc1cccc(OCCNC[C@@H]2CCCS2)c1. The number of halogens is 1. The third kappa shape index (κ3) is 4.90. The monoisotopic (exact) mass is 315 g/mol. The molecule has 0 aromatic heterocycles. The lowest BCUT2D eigenvalue weighted by Gasteiger charge is -2.11. The predicted octanol–water partition coefficient (Wildman–Crippen LogP) is 3.31. The van der Waals surface area contributed by atoms with Crippen LogP contribution in [0.25, 0.3) is 0 Å². The maximum absolute atomic E-state index is 5.65. The molecule has 0 aliphatic carbocycles. The van der Waals surface area contributed by atoms with Crippen molar-refractivity contribution in [1.29, 1.82) is 0 Å². The summed E-state index contributed by atoms with van der Waals surface area (Å²) in [6, 6.07) is 7.97. The number of hydrogen-bond donors (Lipinski definition) is 1. The first kappa shape index (κ1) is 13.2. The summed E-state index contributed by atoms with van der Waals surface area (Å²) in [5.74, 6) is 2.26. The zero-order valence-electron chi connectivity index (χ0n) is 9.82. The summed E-state index contributed by atoms with van der Waals surface area (Å²) in [6.07, 6.45) is 2.75. The summed E-state index contributed by atoms with van der Waals surface area (Å²) in [6.45, 7) is 2.77. The Morgan fingerprint density at radius 2 is 2.41 bits per heavy atom. The molecule has 0 bridgehead atoms. The van der Waals surface area contributed by atoms with E-state index in [0.717, 1.165) is 35.2 Å². The van der Waals surface area contributed by atoms with Crippen molar-refractivity contribution in [3.05, 3.63) is 28.7 Å². The summed E-state index contributed by atoms with van der Waals surface area (Å²) in [5, 5.41) is 4.27. The molecule has 1 aromatic rings. The van der Waals surface area contributed by atoms with Crippen molar-refractivity contribution in [3.63, 3.8) is 0 Å². The highest BCUT2D eigenvalue weighted by atomic mass is 79.9. The predicted molar refractivity (Wildman–Crippen MR) is 78.0 cm³/mol. The normalized spacial score (nSPS) is 19.5. The van der Waals surface area contributed by atoms with Gasteiger partial charge in [0.05, 0.1) is 0 Å². The van der Waals surface area contributed by atoms with E-state index in [-0.39, 0.29) is 0 Å². The van der Waals surface area contributed by atoms with Crippen LogP contribution in [0.1, 0.15) is 12.8 Å². The summed E-state index contributed by atoms with van der Waals surface area (Å²) < 4.78 is 6.71. The Labute approximate surface area is 116 Å². The summed E-state index contributed by atoms with van der Waals surface area (Å²) in [5.41, 5.74) is 0. The minimum absolute atomic E-state index is 0.730. The topological polar surface area (TPSA) is 21.3 Å². The lowest BCUT2D eigenvalue weighted by Crippen LogP contribution is -2.27. The van der Waals surface area contributed by atoms with E-state index in [9.17, 15) is 0 Å². The van der Waals surface area contributed by atoms with Crippen molar-refractivity contribution in [2.24, 2.45) is 0 Å². The van der Waals surface area contributed by atoms with E-state index in [4.69, 9.17) is 4.74 Å². The minimum Gasteiger partial charge on any atom is -0.492 e. The number of rotatable bonds is 6. The molecule has 1 aliphatic rings. The highest BCUT2D eigenvalue weighted by Gasteiger charge is 2.14. The van der Waals surface area contributed by atoms with Crippen LogP contribution in [0, 0.1) is 0 Å². The summed E-state index contributed by atoms with van der Waals surface area (Å²) in [4.78, 5) is 0. The molecule has 1 aromatic carbocycles. The number of thioether (sulfide) groups is 1. The third-order valence-electron chi connectivity index (χ3n) is 2.74. The highest BCUT2D eigenvalue weighted by molar-refractivity contribution is 9.10. The molecule has 94 valence electrons. The zero-order valence-corrected chi connectivity index (χ0v) is 12.2. The standard InChI is InChI=1S/C13H18BrNOS/c14-11-3-1-4-12(9-11)16-7-6-15-10-13-5-2-8-17-13/h1,3-4,9,13,15H,2,5-8,10H2/t13-/m0/s1. The van der Waals surface area contributed by atoms with Gasteiger partial charge >= 0.3 is 0 Å². The van der Waals surface area contributed by atoms with E-state index in [2.05, 4.69) is 33.0 Å². The van der Waals surface area contributed by atoms with Crippen LogP contribution in [-0.2, 0) is 0 Å². The molecule has 1 fully saturated rings. The fraction of sp³-hybridized carbons (Fsp3) is 0.538. The molecule has 0 unspecified atom stereocenters. The van der Waals surface area contributed by atoms with Gasteiger partial charge in [-0.25, -0.2) is 0 Å². The van der Waals surface area contributed by atoms with Gasteiger partial charge in [-0.2, -0.15) is 11.8 Å². The molecule has 1 saturated heterocycles. The van der Waals surface area contributed by atoms with Crippen LogP contribution in [-0.4, -0.2) is 30.7 Å². The third-order valence-corrected chi connectivity index (χ3v) is 4.63. The Balaban J connectivity index is 1.56. The molecule has 0 saturated carbocycles. The van der Waals surface area contributed by atoms with Crippen molar-refractivity contribution >= 4 is 27.7 Å². The average molecular weight is 316 g/mol. The highest BCUT2D eigenvalue weighted by Crippen LogP contribution is 2.25. The number of ether oxygens (including phenoxy) is 1. The second-order valence-electron chi connectivity index (χ2n) is 4.14. The van der Waals surface area contributed by atoms with Gasteiger partial charge in [0.1, 0.15) is 12.4 Å². The van der Waals surface area contributed by atoms with Crippen LogP contribution in [0.4, 0.5) is 0 Å². The average Bonchev–Trinajstić information content (AvgIpc) is 2.82. The van der Waals surface area contributed by atoms with Crippen LogP contribution >= 0.6 is 27.7 Å². The van der Waals surface area contributed by atoms with E-state index in [1.165, 1.54) is 18.6 Å². The summed E-state index contributed by atoms with van der Waals surface area (Å²) >= 11 is 5.52. The van der Waals surface area contributed by atoms with Gasteiger partial charge in [0.25, 0.3) is 0 Å². The second-order valence-corrected chi connectivity index (χ2v) is 6.47. The molecule has 1 aliphatic heterocycles. The fourth-order valence-electron chi connectivity index (χ4n) is 1.87. The second kappa shape index (κ2) is 7.29. The van der Waals surface area contributed by atoms with Crippen molar-refractivity contribution in [3.8, 4) is 5.75 Å². The van der Waals surface area contributed by atoms with Gasteiger partial charge < -0.3 is 10.1 Å². The lowest BCUT2D eigenvalue weighted by molar-refractivity contribution is 0.314. The van der Waals surface area contributed by atoms with Crippen molar-refractivity contribution in [2.75, 3.05) is 25.4 Å². The Morgan fingerprint density at radius 3 is 3.18 bits per heavy atom. The number of nitrogens with one attached hydrogen (secondary N) is 1. The molecule has 0 spiro atoms. The number of hydrogen-bond acceptors (Lipinski definition) is 3. The van der Waals surface area contributed by atoms with E-state index < -0.39 is 0 Å². The van der Waals surface area contributed by atoms with Gasteiger partial charge in [0, 0.05) is 22.8 Å². The lowest BCUT2D eigenvalue weighted by atomic mass is 10.2. The van der Waals surface area contributed by atoms with Crippen molar-refractivity contribution < 1.29 is 4.74 Å². The largest absolute Gasteiger partial charge is 0.492 e. The molecule has 0 radical (unpaired) electrons. The zero-order chi connectivity index (χ0) is 11.9. The van der Waals surface area contributed by atoms with Crippen molar-refractivity contribution in [2.45, 2.75) is 18.1 Å². The van der Waals surface area contributed by atoms with Gasteiger partial charge in [0.15, 0.2) is 0 Å². The van der Waals surface area contributed by atoms with Crippen LogP contribution in [0.5, 0.6) is 5.75 Å². The van der Waals surface area contributed by atoms with Gasteiger partial charge in [-0.15, -0.1) is 0 Å². The van der Waals surface area contributed by atoms with Crippen LogP contribution < -0.4 is 10.1 Å². The molecule has 2 nitrogen and oxygen atoms in total. The van der Waals surface area contributed by atoms with Gasteiger partial charge in [-0.05, 0) is 36.8 Å². The quantitative estimate of drug-likeness (QED) is 0.814. The minimum atomic E-state index is 0.730. The van der Waals surface area contributed by atoms with Gasteiger partial charge in [0.2, 0.25) is 0 Å². The van der Waals surface area contributed by atoms with Gasteiger partial charge in [-0.3, -0.25) is 0 Å². The summed E-state index contributed by atoms with van der Waals surface area (Å²) in [7, 11) is 0. The molecule has 4 heteroatoms. The Kier molecular flexibility index (Phi) is 5.68. The molecular formula is C13H18BrNOS. The smallest absolute Gasteiger partial charge is 0.120 e. The molecular weight excluding hydrogens is 298 g/mol. The maximum atomic E-state index is 5.65. The van der Waals surface area contributed by atoms with Crippen LogP contribution in [0.2, 0.25) is 0 Å². The molecule has 1 atom stereocenters. The van der Waals surface area contributed by atoms with E-state index in [0.29, 0.717) is 0 Å². The Morgan fingerprint density at radius 1 is 1.47 bits per heavy atom. The molecule has 17 heavy (non-hydrogen) atoms.